The van der Waals surface area contributed by atoms with Gasteiger partial charge in [0.1, 0.15) is 5.75 Å². The zero-order chi connectivity index (χ0) is 12.6. The Hall–Kier alpha value is -1.77. The monoisotopic (exact) mass is 231 g/mol. The third-order valence-corrected chi connectivity index (χ3v) is 3.12. The van der Waals surface area contributed by atoms with Gasteiger partial charge in [-0.15, -0.1) is 0 Å². The number of benzene rings is 1. The van der Waals surface area contributed by atoms with Crippen LogP contribution >= 0.6 is 0 Å². The summed E-state index contributed by atoms with van der Waals surface area (Å²) < 4.78 is 7.37. The SMILES string of the molecule is CCC(=O)c1ccc(OC)c2c1c(C)cn2C. The van der Waals surface area contributed by atoms with Gasteiger partial charge in [0.15, 0.2) is 5.78 Å². The van der Waals surface area contributed by atoms with Crippen molar-refractivity contribution < 1.29 is 9.53 Å². The molecule has 2 aromatic rings. The van der Waals surface area contributed by atoms with E-state index in [4.69, 9.17) is 4.74 Å². The van der Waals surface area contributed by atoms with Gasteiger partial charge in [0, 0.05) is 30.6 Å². The summed E-state index contributed by atoms with van der Waals surface area (Å²) in [5, 5.41) is 1.01. The highest BCUT2D eigenvalue weighted by Gasteiger charge is 2.16. The molecule has 0 N–H and O–H groups in total. The lowest BCUT2D eigenvalue weighted by Gasteiger charge is -2.08. The molecule has 0 fully saturated rings. The lowest BCUT2D eigenvalue weighted by atomic mass is 10.0. The molecule has 0 saturated carbocycles. The maximum atomic E-state index is 11.9. The second kappa shape index (κ2) is 4.24. The molecule has 0 aliphatic carbocycles. The fourth-order valence-electron chi connectivity index (χ4n) is 2.33. The summed E-state index contributed by atoms with van der Waals surface area (Å²) in [5.74, 6) is 0.982. The molecule has 1 aromatic heterocycles. The predicted molar refractivity (Wildman–Crippen MR) is 68.8 cm³/mol. The van der Waals surface area contributed by atoms with Crippen molar-refractivity contribution in [1.82, 2.24) is 4.57 Å². The second-order valence-corrected chi connectivity index (χ2v) is 4.24. The van der Waals surface area contributed by atoms with Gasteiger partial charge in [-0.1, -0.05) is 6.92 Å². The van der Waals surface area contributed by atoms with Crippen molar-refractivity contribution in [3.8, 4) is 5.75 Å². The number of carbonyl (C=O) groups is 1. The minimum absolute atomic E-state index is 0.173. The van der Waals surface area contributed by atoms with E-state index >= 15 is 0 Å². The number of rotatable bonds is 3. The van der Waals surface area contributed by atoms with E-state index in [1.807, 2.05) is 43.8 Å². The average molecular weight is 231 g/mol. The number of fused-ring (bicyclic) bond motifs is 1. The quantitative estimate of drug-likeness (QED) is 0.760. The van der Waals surface area contributed by atoms with E-state index in [1.54, 1.807) is 7.11 Å². The van der Waals surface area contributed by atoms with Gasteiger partial charge in [0.05, 0.1) is 12.6 Å². The van der Waals surface area contributed by atoms with Gasteiger partial charge < -0.3 is 9.30 Å². The number of Topliss-reactive ketones (excluding diaryl/α,β-unsaturated/α-hetero) is 1. The molecule has 0 aliphatic rings. The fraction of sp³-hybridized carbons (Fsp3) is 0.357. The molecule has 0 bridgehead atoms. The Kier molecular flexibility index (Phi) is 2.92. The third kappa shape index (κ3) is 1.71. The van der Waals surface area contributed by atoms with Crippen LogP contribution in [0.25, 0.3) is 10.9 Å². The summed E-state index contributed by atoms with van der Waals surface area (Å²) in [6.45, 7) is 3.91. The summed E-state index contributed by atoms with van der Waals surface area (Å²) >= 11 is 0. The van der Waals surface area contributed by atoms with Gasteiger partial charge in [-0.05, 0) is 24.6 Å². The molecule has 0 atom stereocenters. The molecule has 0 radical (unpaired) electrons. The molecule has 0 aliphatic heterocycles. The Bertz CT molecular complexity index is 581. The molecule has 1 aromatic carbocycles. The van der Waals surface area contributed by atoms with Crippen molar-refractivity contribution in [2.45, 2.75) is 20.3 Å². The van der Waals surface area contributed by atoms with Crippen LogP contribution in [0.3, 0.4) is 0 Å². The van der Waals surface area contributed by atoms with Crippen LogP contribution in [0.2, 0.25) is 0 Å². The van der Waals surface area contributed by atoms with Gasteiger partial charge >= 0.3 is 0 Å². The smallest absolute Gasteiger partial charge is 0.163 e. The number of aromatic nitrogens is 1. The van der Waals surface area contributed by atoms with Crippen LogP contribution in [0, 0.1) is 6.92 Å². The molecule has 0 unspecified atom stereocenters. The van der Waals surface area contributed by atoms with Crippen LogP contribution in [0.5, 0.6) is 5.75 Å². The Morgan fingerprint density at radius 2 is 2.12 bits per heavy atom. The highest BCUT2D eigenvalue weighted by atomic mass is 16.5. The Morgan fingerprint density at radius 3 is 2.71 bits per heavy atom. The molecule has 3 heteroatoms. The largest absolute Gasteiger partial charge is 0.495 e. The maximum absolute atomic E-state index is 11.9. The zero-order valence-electron chi connectivity index (χ0n) is 10.7. The normalized spacial score (nSPS) is 10.8. The minimum atomic E-state index is 0.173. The molecule has 17 heavy (non-hydrogen) atoms. The van der Waals surface area contributed by atoms with E-state index in [9.17, 15) is 4.79 Å². The van der Waals surface area contributed by atoms with Crippen LogP contribution in [0.4, 0.5) is 0 Å². The number of hydrogen-bond acceptors (Lipinski definition) is 2. The number of ketones is 1. The first kappa shape index (κ1) is 11.7. The standard InChI is InChI=1S/C14H17NO2/c1-5-11(16)10-6-7-12(17-4)14-13(10)9(2)8-15(14)3/h6-8H,5H2,1-4H3. The summed E-state index contributed by atoms with van der Waals surface area (Å²) in [7, 11) is 3.62. The molecule has 90 valence electrons. The summed E-state index contributed by atoms with van der Waals surface area (Å²) in [4.78, 5) is 11.9. The van der Waals surface area contributed by atoms with Crippen LogP contribution < -0.4 is 4.74 Å². The van der Waals surface area contributed by atoms with Crippen molar-refractivity contribution in [2.24, 2.45) is 7.05 Å². The molecule has 3 nitrogen and oxygen atoms in total. The molecule has 2 rings (SSSR count). The second-order valence-electron chi connectivity index (χ2n) is 4.24. The van der Waals surface area contributed by atoms with Crippen molar-refractivity contribution in [1.29, 1.82) is 0 Å². The van der Waals surface area contributed by atoms with Crippen molar-refractivity contribution in [3.05, 3.63) is 29.5 Å². The number of carbonyl (C=O) groups excluding carboxylic acids is 1. The van der Waals surface area contributed by atoms with Crippen molar-refractivity contribution >= 4 is 16.7 Å². The highest BCUT2D eigenvalue weighted by Crippen LogP contribution is 2.32. The topological polar surface area (TPSA) is 31.2 Å². The van der Waals surface area contributed by atoms with Crippen molar-refractivity contribution in [2.75, 3.05) is 7.11 Å². The van der Waals surface area contributed by atoms with Crippen LogP contribution in [0.15, 0.2) is 18.3 Å². The molecule has 0 saturated heterocycles. The molecule has 0 amide bonds. The predicted octanol–water partition coefficient (Wildman–Crippen LogP) is 3.09. The van der Waals surface area contributed by atoms with Crippen LogP contribution in [0.1, 0.15) is 29.3 Å². The van der Waals surface area contributed by atoms with Gasteiger partial charge in [0.2, 0.25) is 0 Å². The summed E-state index contributed by atoms with van der Waals surface area (Å²) in [6.07, 6.45) is 2.55. The lowest BCUT2D eigenvalue weighted by Crippen LogP contribution is -1.99. The first-order valence-corrected chi connectivity index (χ1v) is 5.76. The number of aryl methyl sites for hydroxylation is 2. The molecule has 1 heterocycles. The zero-order valence-corrected chi connectivity index (χ0v) is 10.7. The highest BCUT2D eigenvalue weighted by molar-refractivity contribution is 6.10. The van der Waals surface area contributed by atoms with Gasteiger partial charge in [-0.2, -0.15) is 0 Å². The fourth-order valence-corrected chi connectivity index (χ4v) is 2.33. The van der Waals surface area contributed by atoms with E-state index in [0.717, 1.165) is 27.8 Å². The van der Waals surface area contributed by atoms with Crippen LogP contribution in [-0.4, -0.2) is 17.5 Å². The lowest BCUT2D eigenvalue weighted by molar-refractivity contribution is 0.0989. The van der Waals surface area contributed by atoms with E-state index in [0.29, 0.717) is 6.42 Å². The summed E-state index contributed by atoms with van der Waals surface area (Å²) in [5.41, 5.74) is 2.89. The van der Waals surface area contributed by atoms with Crippen LogP contribution in [-0.2, 0) is 7.05 Å². The molecular weight excluding hydrogens is 214 g/mol. The summed E-state index contributed by atoms with van der Waals surface area (Å²) in [6, 6.07) is 3.73. The van der Waals surface area contributed by atoms with Crippen molar-refractivity contribution in [3.63, 3.8) is 0 Å². The van der Waals surface area contributed by atoms with E-state index in [-0.39, 0.29) is 5.78 Å². The number of hydrogen-bond donors (Lipinski definition) is 0. The van der Waals surface area contributed by atoms with E-state index in [2.05, 4.69) is 0 Å². The number of ether oxygens (including phenoxy) is 1. The van der Waals surface area contributed by atoms with E-state index in [1.165, 1.54) is 0 Å². The van der Waals surface area contributed by atoms with Gasteiger partial charge in [-0.25, -0.2) is 0 Å². The first-order valence-electron chi connectivity index (χ1n) is 5.76. The minimum Gasteiger partial charge on any atom is -0.495 e. The van der Waals surface area contributed by atoms with Gasteiger partial charge in [0.25, 0.3) is 0 Å². The van der Waals surface area contributed by atoms with Gasteiger partial charge in [-0.3, -0.25) is 4.79 Å². The maximum Gasteiger partial charge on any atom is 0.163 e. The van der Waals surface area contributed by atoms with E-state index < -0.39 is 0 Å². The molecular formula is C14H17NO2. The number of methoxy groups -OCH3 is 1. The average Bonchev–Trinajstić information content (AvgIpc) is 2.64. The third-order valence-electron chi connectivity index (χ3n) is 3.12. The molecule has 0 spiro atoms. The Balaban J connectivity index is 2.85. The number of nitrogens with zero attached hydrogens (tertiary/aromatic N) is 1. The first-order chi connectivity index (χ1) is 8.10. The Labute approximate surface area is 101 Å². The Morgan fingerprint density at radius 1 is 1.41 bits per heavy atom.